The minimum absolute atomic E-state index is 0.483. The fourth-order valence-corrected chi connectivity index (χ4v) is 3.07. The van der Waals surface area contributed by atoms with Gasteiger partial charge in [0.1, 0.15) is 0 Å². The number of likely N-dealkylation sites (N-methyl/N-ethyl adjacent to an activating group) is 1. The highest BCUT2D eigenvalue weighted by atomic mass is 15.3. The maximum atomic E-state index is 3.43. The van der Waals surface area contributed by atoms with Gasteiger partial charge in [0.15, 0.2) is 0 Å². The molecule has 0 unspecified atom stereocenters. The molecule has 0 atom stereocenters. The zero-order valence-electron chi connectivity index (χ0n) is 10.3. The van der Waals surface area contributed by atoms with Gasteiger partial charge >= 0.3 is 0 Å². The first-order valence-electron chi connectivity index (χ1n) is 6.33. The van der Waals surface area contributed by atoms with E-state index >= 15 is 0 Å². The Kier molecular flexibility index (Phi) is 3.65. The van der Waals surface area contributed by atoms with Crippen molar-refractivity contribution in [3.8, 4) is 0 Å². The standard InChI is InChI=1S/C12H25N3/c1-14(2)12(5-3-4-6-12)11-15-9-7-13-8-10-15/h13H,3-11H2,1-2H3. The summed E-state index contributed by atoms with van der Waals surface area (Å²) in [6.45, 7) is 6.08. The lowest BCUT2D eigenvalue weighted by molar-refractivity contribution is 0.0862. The quantitative estimate of drug-likeness (QED) is 0.744. The summed E-state index contributed by atoms with van der Waals surface area (Å²) in [5, 5.41) is 3.43. The molecular formula is C12H25N3. The summed E-state index contributed by atoms with van der Waals surface area (Å²) in [6, 6.07) is 0. The van der Waals surface area contributed by atoms with Gasteiger partial charge in [-0.15, -0.1) is 0 Å². The van der Waals surface area contributed by atoms with Crippen LogP contribution in [0.5, 0.6) is 0 Å². The van der Waals surface area contributed by atoms with Crippen LogP contribution in [0.25, 0.3) is 0 Å². The van der Waals surface area contributed by atoms with Gasteiger partial charge in [0.25, 0.3) is 0 Å². The largest absolute Gasteiger partial charge is 0.314 e. The van der Waals surface area contributed by atoms with Crippen LogP contribution in [0.2, 0.25) is 0 Å². The SMILES string of the molecule is CN(C)C1(CN2CCNCC2)CCCC1. The van der Waals surface area contributed by atoms with Crippen LogP contribution < -0.4 is 5.32 Å². The predicted octanol–water partition coefficient (Wildman–Crippen LogP) is 0.766. The lowest BCUT2D eigenvalue weighted by Crippen LogP contribution is -2.54. The Bertz CT molecular complexity index is 191. The summed E-state index contributed by atoms with van der Waals surface area (Å²) in [5.74, 6) is 0. The summed E-state index contributed by atoms with van der Waals surface area (Å²) in [7, 11) is 4.51. The van der Waals surface area contributed by atoms with Gasteiger partial charge in [0.05, 0.1) is 0 Å². The molecule has 2 rings (SSSR count). The molecule has 0 aromatic heterocycles. The maximum absolute atomic E-state index is 3.43. The molecule has 0 bridgehead atoms. The van der Waals surface area contributed by atoms with Crippen LogP contribution in [0, 0.1) is 0 Å². The van der Waals surface area contributed by atoms with Gasteiger partial charge in [0, 0.05) is 38.3 Å². The normalized spacial score (nSPS) is 27.4. The van der Waals surface area contributed by atoms with Crippen molar-refractivity contribution in [2.75, 3.05) is 46.8 Å². The molecule has 15 heavy (non-hydrogen) atoms. The molecule has 1 saturated carbocycles. The van der Waals surface area contributed by atoms with Crippen LogP contribution in [0.4, 0.5) is 0 Å². The van der Waals surface area contributed by atoms with Crippen LogP contribution in [-0.2, 0) is 0 Å². The molecule has 1 N–H and O–H groups in total. The second-order valence-electron chi connectivity index (χ2n) is 5.35. The first-order valence-corrected chi connectivity index (χ1v) is 6.33. The number of rotatable bonds is 3. The van der Waals surface area contributed by atoms with E-state index in [9.17, 15) is 0 Å². The van der Waals surface area contributed by atoms with Gasteiger partial charge in [-0.05, 0) is 26.9 Å². The van der Waals surface area contributed by atoms with Crippen molar-refractivity contribution in [3.05, 3.63) is 0 Å². The maximum Gasteiger partial charge on any atom is 0.0330 e. The molecule has 0 aromatic carbocycles. The number of hydrogen-bond acceptors (Lipinski definition) is 3. The predicted molar refractivity (Wildman–Crippen MR) is 64.2 cm³/mol. The molecule has 0 radical (unpaired) electrons. The topological polar surface area (TPSA) is 18.5 Å². The van der Waals surface area contributed by atoms with E-state index in [1.54, 1.807) is 0 Å². The van der Waals surface area contributed by atoms with Crippen molar-refractivity contribution in [1.29, 1.82) is 0 Å². The second-order valence-corrected chi connectivity index (χ2v) is 5.35. The van der Waals surface area contributed by atoms with E-state index in [1.807, 2.05) is 0 Å². The summed E-state index contributed by atoms with van der Waals surface area (Å²) < 4.78 is 0. The van der Waals surface area contributed by atoms with Crippen molar-refractivity contribution in [2.24, 2.45) is 0 Å². The van der Waals surface area contributed by atoms with Crippen molar-refractivity contribution < 1.29 is 0 Å². The molecule has 1 aliphatic heterocycles. The minimum atomic E-state index is 0.483. The Balaban J connectivity index is 1.93. The Morgan fingerprint density at radius 2 is 1.73 bits per heavy atom. The van der Waals surface area contributed by atoms with Crippen LogP contribution >= 0.6 is 0 Å². The third kappa shape index (κ3) is 2.52. The second kappa shape index (κ2) is 4.81. The fraction of sp³-hybridized carbons (Fsp3) is 1.00. The van der Waals surface area contributed by atoms with E-state index < -0.39 is 0 Å². The monoisotopic (exact) mass is 211 g/mol. The molecular weight excluding hydrogens is 186 g/mol. The zero-order chi connectivity index (χ0) is 10.7. The Morgan fingerprint density at radius 1 is 1.13 bits per heavy atom. The Hall–Kier alpha value is -0.120. The van der Waals surface area contributed by atoms with E-state index in [0.29, 0.717) is 5.54 Å². The van der Waals surface area contributed by atoms with Gasteiger partial charge in [-0.1, -0.05) is 12.8 Å². The Labute approximate surface area is 93.8 Å². The first kappa shape index (κ1) is 11.4. The summed E-state index contributed by atoms with van der Waals surface area (Å²) in [4.78, 5) is 5.11. The van der Waals surface area contributed by atoms with Crippen LogP contribution in [0.15, 0.2) is 0 Å². The van der Waals surface area contributed by atoms with Crippen LogP contribution in [0.1, 0.15) is 25.7 Å². The molecule has 3 nitrogen and oxygen atoms in total. The van der Waals surface area contributed by atoms with Gasteiger partial charge in [-0.2, -0.15) is 0 Å². The smallest absolute Gasteiger partial charge is 0.0330 e. The number of nitrogens with one attached hydrogen (secondary N) is 1. The summed E-state index contributed by atoms with van der Waals surface area (Å²) >= 11 is 0. The first-order chi connectivity index (χ1) is 7.23. The lowest BCUT2D eigenvalue weighted by atomic mass is 9.95. The highest BCUT2D eigenvalue weighted by Crippen LogP contribution is 2.34. The van der Waals surface area contributed by atoms with E-state index in [2.05, 4.69) is 29.2 Å². The lowest BCUT2D eigenvalue weighted by Gasteiger charge is -2.42. The third-order valence-electron chi connectivity index (χ3n) is 4.21. The van der Waals surface area contributed by atoms with Gasteiger partial charge in [-0.3, -0.25) is 4.90 Å². The van der Waals surface area contributed by atoms with E-state index in [4.69, 9.17) is 0 Å². The van der Waals surface area contributed by atoms with Crippen molar-refractivity contribution in [2.45, 2.75) is 31.2 Å². The molecule has 88 valence electrons. The highest BCUT2D eigenvalue weighted by Gasteiger charge is 2.37. The fourth-order valence-electron chi connectivity index (χ4n) is 3.07. The van der Waals surface area contributed by atoms with Gasteiger partial charge in [-0.25, -0.2) is 0 Å². The molecule has 1 aliphatic carbocycles. The third-order valence-corrected chi connectivity index (χ3v) is 4.21. The van der Waals surface area contributed by atoms with Crippen molar-refractivity contribution in [3.63, 3.8) is 0 Å². The molecule has 0 amide bonds. The zero-order valence-corrected chi connectivity index (χ0v) is 10.3. The molecule has 3 heteroatoms. The number of piperazine rings is 1. The van der Waals surface area contributed by atoms with Gasteiger partial charge in [0.2, 0.25) is 0 Å². The molecule has 1 saturated heterocycles. The number of hydrogen-bond donors (Lipinski definition) is 1. The summed E-state index contributed by atoms with van der Waals surface area (Å²) in [6.07, 6.45) is 5.63. The minimum Gasteiger partial charge on any atom is -0.314 e. The number of nitrogens with zero attached hydrogens (tertiary/aromatic N) is 2. The Morgan fingerprint density at radius 3 is 2.27 bits per heavy atom. The average Bonchev–Trinajstić information content (AvgIpc) is 2.69. The molecule has 0 aromatic rings. The molecule has 1 heterocycles. The molecule has 0 spiro atoms. The van der Waals surface area contributed by atoms with Crippen LogP contribution in [0.3, 0.4) is 0 Å². The van der Waals surface area contributed by atoms with Crippen molar-refractivity contribution >= 4 is 0 Å². The summed E-state index contributed by atoms with van der Waals surface area (Å²) in [5.41, 5.74) is 0.483. The van der Waals surface area contributed by atoms with Crippen molar-refractivity contribution in [1.82, 2.24) is 15.1 Å². The average molecular weight is 211 g/mol. The van der Waals surface area contributed by atoms with E-state index in [1.165, 1.54) is 58.4 Å². The molecule has 2 aliphatic rings. The van der Waals surface area contributed by atoms with Gasteiger partial charge < -0.3 is 10.2 Å². The molecule has 2 fully saturated rings. The van der Waals surface area contributed by atoms with E-state index in [0.717, 1.165) is 0 Å². The van der Waals surface area contributed by atoms with E-state index in [-0.39, 0.29) is 0 Å². The van der Waals surface area contributed by atoms with Crippen LogP contribution in [-0.4, -0.2) is 62.2 Å². The highest BCUT2D eigenvalue weighted by molar-refractivity contribution is 4.95.